The third-order valence-electron chi connectivity index (χ3n) is 2.63. The molecule has 0 aliphatic carbocycles. The molecule has 3 rings (SSSR count). The third kappa shape index (κ3) is 2.63. The Kier molecular flexibility index (Phi) is 3.27. The maximum absolute atomic E-state index is 6.09. The molecule has 0 aliphatic rings. The smallest absolute Gasteiger partial charge is 0.205 e. The van der Waals surface area contributed by atoms with E-state index < -0.39 is 0 Å². The van der Waals surface area contributed by atoms with Gasteiger partial charge in [0.2, 0.25) is 5.95 Å². The molecule has 0 amide bonds. The Hall–Kier alpha value is -1.42. The summed E-state index contributed by atoms with van der Waals surface area (Å²) in [6.45, 7) is 0. The summed E-state index contributed by atoms with van der Waals surface area (Å²) in [4.78, 5) is 7.52. The maximum Gasteiger partial charge on any atom is 0.205 e. The van der Waals surface area contributed by atoms with Crippen LogP contribution in [0.1, 0.15) is 0 Å². The summed E-state index contributed by atoms with van der Waals surface area (Å²) < 4.78 is 0. The van der Waals surface area contributed by atoms with Gasteiger partial charge in [-0.05, 0) is 36.4 Å². The number of benzene rings is 2. The number of hydrogen-bond donors (Lipinski definition) is 2. The highest BCUT2D eigenvalue weighted by molar-refractivity contribution is 6.36. The highest BCUT2D eigenvalue weighted by Gasteiger charge is 2.06. The molecule has 1 aromatic heterocycles. The van der Waals surface area contributed by atoms with E-state index in [4.69, 9.17) is 34.8 Å². The van der Waals surface area contributed by atoms with Gasteiger partial charge in [-0.3, -0.25) is 0 Å². The number of hydrogen-bond acceptors (Lipinski definition) is 2. The molecule has 2 aromatic carbocycles. The van der Waals surface area contributed by atoms with Crippen LogP contribution in [0.4, 0.5) is 11.6 Å². The van der Waals surface area contributed by atoms with Crippen LogP contribution in [0.2, 0.25) is 15.1 Å². The summed E-state index contributed by atoms with van der Waals surface area (Å²) in [6, 6.07) is 10.7. The molecule has 19 heavy (non-hydrogen) atoms. The Labute approximate surface area is 124 Å². The number of halogens is 3. The van der Waals surface area contributed by atoms with Crippen molar-refractivity contribution in [3.63, 3.8) is 0 Å². The van der Waals surface area contributed by atoms with E-state index in [1.165, 1.54) is 0 Å². The van der Waals surface area contributed by atoms with Gasteiger partial charge in [-0.15, -0.1) is 0 Å². The molecule has 0 saturated heterocycles. The van der Waals surface area contributed by atoms with Crippen LogP contribution in [0.5, 0.6) is 0 Å². The zero-order chi connectivity index (χ0) is 13.4. The molecule has 0 radical (unpaired) electrons. The first kappa shape index (κ1) is 12.6. The van der Waals surface area contributed by atoms with Crippen molar-refractivity contribution in [3.8, 4) is 0 Å². The highest BCUT2D eigenvalue weighted by Crippen LogP contribution is 2.28. The lowest BCUT2D eigenvalue weighted by atomic mass is 10.3. The Morgan fingerprint density at radius 2 is 1.68 bits per heavy atom. The van der Waals surface area contributed by atoms with Gasteiger partial charge in [0.05, 0.1) is 21.7 Å². The number of aromatic nitrogens is 2. The normalized spacial score (nSPS) is 10.9. The quantitative estimate of drug-likeness (QED) is 0.677. The number of nitrogens with one attached hydrogen (secondary N) is 2. The number of fused-ring (bicyclic) bond motifs is 1. The zero-order valence-electron chi connectivity index (χ0n) is 9.55. The second-order valence-corrected chi connectivity index (χ2v) is 5.28. The lowest BCUT2D eigenvalue weighted by Gasteiger charge is -2.05. The first-order chi connectivity index (χ1) is 9.11. The van der Waals surface area contributed by atoms with Crippen LogP contribution in [-0.2, 0) is 0 Å². The first-order valence-electron chi connectivity index (χ1n) is 5.49. The lowest BCUT2D eigenvalue weighted by Crippen LogP contribution is -1.92. The molecular formula is C13H8Cl3N3. The largest absolute Gasteiger partial charge is 0.324 e. The van der Waals surface area contributed by atoms with Crippen LogP contribution in [0.25, 0.3) is 11.0 Å². The van der Waals surface area contributed by atoms with Gasteiger partial charge in [-0.2, -0.15) is 0 Å². The molecule has 0 aliphatic heterocycles. The fourth-order valence-corrected chi connectivity index (χ4v) is 2.39. The van der Waals surface area contributed by atoms with Crippen LogP contribution >= 0.6 is 34.8 Å². The van der Waals surface area contributed by atoms with Gasteiger partial charge in [-0.1, -0.05) is 34.8 Å². The van der Waals surface area contributed by atoms with Crippen LogP contribution < -0.4 is 5.32 Å². The molecule has 2 N–H and O–H groups in total. The highest BCUT2D eigenvalue weighted by atomic mass is 35.5. The van der Waals surface area contributed by atoms with Gasteiger partial charge in [0, 0.05) is 10.0 Å². The van der Waals surface area contributed by atoms with Gasteiger partial charge >= 0.3 is 0 Å². The number of anilines is 2. The van der Waals surface area contributed by atoms with Gasteiger partial charge in [0.25, 0.3) is 0 Å². The molecule has 96 valence electrons. The van der Waals surface area contributed by atoms with Crippen molar-refractivity contribution in [2.24, 2.45) is 0 Å². The minimum absolute atomic E-state index is 0.533. The van der Waals surface area contributed by atoms with E-state index in [0.29, 0.717) is 21.0 Å². The maximum atomic E-state index is 6.09. The van der Waals surface area contributed by atoms with Crippen molar-refractivity contribution >= 4 is 57.5 Å². The number of H-pyrrole nitrogens is 1. The van der Waals surface area contributed by atoms with Crippen molar-refractivity contribution in [1.82, 2.24) is 9.97 Å². The van der Waals surface area contributed by atoms with Crippen molar-refractivity contribution in [1.29, 1.82) is 0 Å². The summed E-state index contributed by atoms with van der Waals surface area (Å²) in [5.41, 5.74) is 2.42. The predicted molar refractivity (Wildman–Crippen MR) is 80.8 cm³/mol. The van der Waals surface area contributed by atoms with Crippen LogP contribution in [0.15, 0.2) is 36.4 Å². The lowest BCUT2D eigenvalue weighted by molar-refractivity contribution is 1.31. The van der Waals surface area contributed by atoms with Gasteiger partial charge in [0.1, 0.15) is 0 Å². The zero-order valence-corrected chi connectivity index (χ0v) is 11.8. The van der Waals surface area contributed by atoms with Crippen molar-refractivity contribution in [2.45, 2.75) is 0 Å². The second-order valence-electron chi connectivity index (χ2n) is 4.00. The second kappa shape index (κ2) is 4.93. The molecule has 0 unspecified atom stereocenters. The molecule has 0 fully saturated rings. The Balaban J connectivity index is 1.96. The van der Waals surface area contributed by atoms with Crippen molar-refractivity contribution in [3.05, 3.63) is 51.5 Å². The summed E-state index contributed by atoms with van der Waals surface area (Å²) in [7, 11) is 0. The van der Waals surface area contributed by atoms with E-state index in [-0.39, 0.29) is 0 Å². The van der Waals surface area contributed by atoms with Gasteiger partial charge in [-0.25, -0.2) is 4.98 Å². The molecule has 0 bridgehead atoms. The van der Waals surface area contributed by atoms with E-state index in [1.54, 1.807) is 24.3 Å². The van der Waals surface area contributed by atoms with E-state index in [1.807, 2.05) is 12.1 Å². The minimum atomic E-state index is 0.533. The fraction of sp³-hybridized carbons (Fsp3) is 0. The average Bonchev–Trinajstić information content (AvgIpc) is 2.74. The van der Waals surface area contributed by atoms with E-state index in [2.05, 4.69) is 15.3 Å². The van der Waals surface area contributed by atoms with E-state index in [0.717, 1.165) is 16.7 Å². The number of nitrogens with zero attached hydrogens (tertiary/aromatic N) is 1. The Morgan fingerprint density at radius 3 is 2.47 bits per heavy atom. The molecule has 0 saturated carbocycles. The standard InChI is InChI=1S/C13H8Cl3N3/c14-7-1-3-10(9(16)5-7)17-13-18-11-4-2-8(15)6-12(11)19-13/h1-6H,(H2,17,18,19). The van der Waals surface area contributed by atoms with Crippen molar-refractivity contribution < 1.29 is 0 Å². The molecule has 1 heterocycles. The van der Waals surface area contributed by atoms with Crippen molar-refractivity contribution in [2.75, 3.05) is 5.32 Å². The Bertz CT molecular complexity index is 752. The monoisotopic (exact) mass is 311 g/mol. The number of imidazole rings is 1. The summed E-state index contributed by atoms with van der Waals surface area (Å²) in [5.74, 6) is 0.599. The Morgan fingerprint density at radius 1 is 0.947 bits per heavy atom. The molecular weight excluding hydrogens is 305 g/mol. The topological polar surface area (TPSA) is 40.7 Å². The van der Waals surface area contributed by atoms with Gasteiger partial charge in [0.15, 0.2) is 0 Å². The fourth-order valence-electron chi connectivity index (χ4n) is 1.76. The summed E-state index contributed by atoms with van der Waals surface area (Å²) in [5, 5.41) is 4.89. The molecule has 0 atom stereocenters. The number of rotatable bonds is 2. The summed E-state index contributed by atoms with van der Waals surface area (Å²) in [6.07, 6.45) is 0. The third-order valence-corrected chi connectivity index (χ3v) is 3.41. The SMILES string of the molecule is Clc1ccc(Nc2nc3ccc(Cl)cc3[nH]2)c(Cl)c1. The number of aromatic amines is 1. The molecule has 0 spiro atoms. The molecule has 3 aromatic rings. The first-order valence-corrected chi connectivity index (χ1v) is 6.62. The van der Waals surface area contributed by atoms with E-state index in [9.17, 15) is 0 Å². The predicted octanol–water partition coefficient (Wildman–Crippen LogP) is 5.27. The summed E-state index contributed by atoms with van der Waals surface area (Å²) >= 11 is 17.9. The molecule has 3 nitrogen and oxygen atoms in total. The van der Waals surface area contributed by atoms with Crippen LogP contribution in [0.3, 0.4) is 0 Å². The average molecular weight is 313 g/mol. The minimum Gasteiger partial charge on any atom is -0.324 e. The van der Waals surface area contributed by atoms with E-state index >= 15 is 0 Å². The molecule has 6 heteroatoms. The van der Waals surface area contributed by atoms with Crippen LogP contribution in [0, 0.1) is 0 Å². The van der Waals surface area contributed by atoms with Crippen LogP contribution in [-0.4, -0.2) is 9.97 Å². The van der Waals surface area contributed by atoms with Gasteiger partial charge < -0.3 is 10.3 Å².